The van der Waals surface area contributed by atoms with Crippen LogP contribution in [0, 0.1) is 58.5 Å². The molecule has 0 saturated carbocycles. The first-order valence-corrected chi connectivity index (χ1v) is 46.0. The number of rotatable bonds is 18. The van der Waals surface area contributed by atoms with Crippen LogP contribution in [0.1, 0.15) is 22.8 Å². The van der Waals surface area contributed by atoms with Crippen molar-refractivity contribution in [2.45, 2.75) is 0 Å². The summed E-state index contributed by atoms with van der Waals surface area (Å²) in [6.45, 7) is 14.5. The van der Waals surface area contributed by atoms with Crippen LogP contribution in [0.15, 0.2) is 473 Å². The predicted octanol–water partition coefficient (Wildman–Crippen LogP) is 32.3. The van der Waals surface area contributed by atoms with Gasteiger partial charge in [0.25, 0.3) is 11.6 Å². The molecule has 4 heterocycles. The average Bonchev–Trinajstić information content (AvgIpc) is 0.953. The number of anilines is 9. The van der Waals surface area contributed by atoms with Crippen LogP contribution in [0.3, 0.4) is 0 Å². The molecule has 0 spiro atoms. The Hall–Kier alpha value is -20.7. The van der Waals surface area contributed by atoms with E-state index in [4.69, 9.17) is 13.1 Å². The molecular weight excluding hydrogens is 1740 g/mol. The lowest BCUT2D eigenvalue weighted by Gasteiger charge is -2.27. The number of fused-ring (bicyclic) bond motifs is 9. The Morgan fingerprint density at radius 2 is 0.338 bits per heavy atom. The van der Waals surface area contributed by atoms with Gasteiger partial charge in [-0.25, -0.2) is 19.9 Å². The smallest absolute Gasteiger partial charge is 0.294 e. The van der Waals surface area contributed by atoms with Crippen LogP contribution in [-0.2, 0) is 0 Å². The molecule has 0 fully saturated rings. The third kappa shape index (κ3) is 17.9. The molecule has 16 heteroatoms. The topological polar surface area (TPSA) is 196 Å². The van der Waals surface area contributed by atoms with Crippen molar-refractivity contribution in [2.75, 3.05) is 14.7 Å². The van der Waals surface area contributed by atoms with E-state index in [1.807, 2.05) is 0 Å². The fourth-order valence-corrected chi connectivity index (χ4v) is 18.1. The molecule has 0 amide bonds. The molecule has 4 aromatic heterocycles. The summed E-state index contributed by atoms with van der Waals surface area (Å²) in [4.78, 5) is 38.1. The molecule has 16 nitrogen and oxygen atoms in total. The minimum absolute atomic E-state index is 0.00714. The Balaban J connectivity index is 0.000000133. The van der Waals surface area contributed by atoms with E-state index in [1.54, 1.807) is 24.3 Å². The van der Waals surface area contributed by atoms with E-state index in [0.29, 0.717) is 0 Å². The van der Waals surface area contributed by atoms with Crippen LogP contribution in [0.4, 0.5) is 62.8 Å². The van der Waals surface area contributed by atoms with Crippen molar-refractivity contribution in [3.05, 3.63) is 519 Å². The highest BCUT2D eigenvalue weighted by Crippen LogP contribution is 2.45. The van der Waals surface area contributed by atoms with E-state index < -0.39 is 0 Å². The number of benzene rings is 19. The quantitative estimate of drug-likeness (QED) is 0.0582. The zero-order valence-corrected chi connectivity index (χ0v) is 76.2. The number of nitriles is 4. The van der Waals surface area contributed by atoms with Gasteiger partial charge in [0, 0.05) is 67.6 Å². The molecule has 0 radical (unpaired) electrons. The molecule has 0 aliphatic heterocycles. The summed E-state index contributed by atoms with van der Waals surface area (Å²) in [5.74, 6) is -0.602. The van der Waals surface area contributed by atoms with Crippen LogP contribution in [0.25, 0.3) is 159 Å². The van der Waals surface area contributed by atoms with Gasteiger partial charge in [0.05, 0.1) is 11.0 Å². The van der Waals surface area contributed by atoms with Crippen molar-refractivity contribution in [3.63, 3.8) is 0 Å². The molecule has 0 bridgehead atoms. The van der Waals surface area contributed by atoms with E-state index in [9.17, 15) is 21.0 Å². The van der Waals surface area contributed by atoms with E-state index in [2.05, 4.69) is 532 Å². The maximum atomic E-state index is 9.29. The summed E-state index contributed by atoms with van der Waals surface area (Å²) < 4.78 is 2.36. The highest BCUT2D eigenvalue weighted by molar-refractivity contribution is 6.19. The lowest BCUT2D eigenvalue weighted by atomic mass is 10.0. The Kier molecular flexibility index (Phi) is 24.7. The van der Waals surface area contributed by atoms with Gasteiger partial charge in [-0.3, -0.25) is 0 Å². The Labute approximate surface area is 820 Å². The molecule has 0 unspecified atom stereocenters. The molecule has 0 atom stereocenters. The number of aromatic nitrogens is 7. The predicted molar refractivity (Wildman–Crippen MR) is 572 cm³/mol. The van der Waals surface area contributed by atoms with Crippen LogP contribution in [0.2, 0.25) is 0 Å². The van der Waals surface area contributed by atoms with Crippen molar-refractivity contribution < 1.29 is 0 Å². The van der Waals surface area contributed by atoms with Gasteiger partial charge >= 0.3 is 0 Å². The second kappa shape index (κ2) is 39.9. The van der Waals surface area contributed by atoms with Gasteiger partial charge in [-0.05, 0) is 222 Å². The summed E-state index contributed by atoms with van der Waals surface area (Å²) in [5, 5.41) is 39.7. The molecule has 19 aromatic carbocycles. The summed E-state index contributed by atoms with van der Waals surface area (Å²) in [6, 6.07) is 176. The van der Waals surface area contributed by atoms with Crippen LogP contribution < -0.4 is 14.7 Å². The molecule has 23 aromatic rings. The third-order valence-corrected chi connectivity index (χ3v) is 25.1. The first kappa shape index (κ1) is 88.0. The summed E-state index contributed by atoms with van der Waals surface area (Å²) in [7, 11) is 0. The monoisotopic (exact) mass is 1810 g/mol. The maximum absolute atomic E-state index is 9.29. The largest absolute Gasteiger partial charge is 0.370 e. The van der Waals surface area contributed by atoms with Crippen LogP contribution >= 0.6 is 0 Å². The normalized spacial score (nSPS) is 10.8. The highest BCUT2D eigenvalue weighted by atomic mass is 15.2. The molecular formula is C126H78N16. The van der Waals surface area contributed by atoms with E-state index in [0.717, 1.165) is 68.0 Å². The second-order valence-electron chi connectivity index (χ2n) is 33.5. The molecule has 0 aliphatic carbocycles. The lowest BCUT2D eigenvalue weighted by Crippen LogP contribution is -2.10. The third-order valence-electron chi connectivity index (χ3n) is 25.1. The molecule has 662 valence electrons. The van der Waals surface area contributed by atoms with Gasteiger partial charge in [-0.1, -0.05) is 353 Å². The second-order valence-corrected chi connectivity index (χ2v) is 33.5. The minimum Gasteiger partial charge on any atom is -0.370 e. The Morgan fingerprint density at radius 3 is 0.514 bits per heavy atom. The van der Waals surface area contributed by atoms with Gasteiger partial charge in [0.2, 0.25) is 11.0 Å². The average molecular weight is 1820 g/mol. The summed E-state index contributed by atoms with van der Waals surface area (Å²) in [6.07, 6.45) is 0. The van der Waals surface area contributed by atoms with Crippen LogP contribution in [0.5, 0.6) is 0 Å². The highest BCUT2D eigenvalue weighted by Gasteiger charge is 2.28. The first-order chi connectivity index (χ1) is 70.1. The molecule has 0 saturated heterocycles. The molecule has 0 aliphatic rings. The fraction of sp³-hybridized carbons (Fsp3) is 0. The van der Waals surface area contributed by atoms with Crippen molar-refractivity contribution in [1.82, 2.24) is 34.5 Å². The lowest BCUT2D eigenvalue weighted by molar-refractivity contribution is 1.17. The van der Waals surface area contributed by atoms with Crippen molar-refractivity contribution in [1.29, 1.82) is 21.0 Å². The Bertz CT molecular complexity index is 7980. The van der Waals surface area contributed by atoms with Crippen molar-refractivity contribution >= 4 is 118 Å². The molecule has 0 N–H and O–H groups in total. The van der Waals surface area contributed by atoms with Gasteiger partial charge in [0.15, 0.2) is 22.8 Å². The van der Waals surface area contributed by atoms with Gasteiger partial charge in [0.1, 0.15) is 46.3 Å². The van der Waals surface area contributed by atoms with Gasteiger partial charge < -0.3 is 29.0 Å². The van der Waals surface area contributed by atoms with Crippen molar-refractivity contribution in [3.8, 4) is 119 Å². The number of para-hydroxylation sites is 2. The first-order valence-electron chi connectivity index (χ1n) is 46.0. The summed E-state index contributed by atoms with van der Waals surface area (Å²) >= 11 is 0. The number of hydrogen-bond donors (Lipinski definition) is 0. The molecule has 23 rings (SSSR count). The van der Waals surface area contributed by atoms with E-state index in [-0.39, 0.29) is 67.5 Å². The van der Waals surface area contributed by atoms with Crippen LogP contribution in [-0.4, -0.2) is 34.5 Å². The van der Waals surface area contributed by atoms with Gasteiger partial charge in [-0.15, -0.1) is 9.97 Å². The maximum Gasteiger partial charge on any atom is 0.294 e. The fourth-order valence-electron chi connectivity index (χ4n) is 18.1. The minimum atomic E-state index is -0.301. The van der Waals surface area contributed by atoms with E-state index in [1.165, 1.54) is 99.7 Å². The summed E-state index contributed by atoms with van der Waals surface area (Å²) in [5.41, 5.74) is 31.4. The molecule has 142 heavy (non-hydrogen) atoms. The van der Waals surface area contributed by atoms with Crippen molar-refractivity contribution in [2.24, 2.45) is 0 Å². The number of nitrogens with zero attached hydrogens (tertiary/aromatic N) is 16. The van der Waals surface area contributed by atoms with Gasteiger partial charge in [-0.2, -0.15) is 21.0 Å². The zero-order valence-electron chi connectivity index (χ0n) is 76.2. The zero-order chi connectivity index (χ0) is 96.2. The number of hydrogen-bond acceptors (Lipinski definition) is 13. The van der Waals surface area contributed by atoms with E-state index >= 15 is 0 Å². The Morgan fingerprint density at radius 1 is 0.183 bits per heavy atom. The SMILES string of the molecule is [C-]#[N+]c1nc2c3nc(C#N)c(C#N)nc3c3nc(C#N)c(C#N)nc3c2nc1[N+]#[C-].c1ccc(-c2ccc(N(c3ccc(-c4ccccc4)cc3)c3ccc(-c4ccc(-n5c6ccccc6c6ccccc65)cc4)cc3)cc2)cc1.c1ccc(-c2ccc(N(c3ccc(-c4ccccc4)cc3)c3ccc(-c4ccc(N(c5ccc(-c6ccccc6)cc5)c5ccc(-c6ccccc6)cc5)cc4)cc3)cc2)cc1. The standard InChI is InChI=1S/C60H44N2.C48H34N2.C18N12/c1-5-13-45(14-6-1)49-21-33-55(34-22-49)61(56-35-23-50(24-36-56)46-15-7-2-8-16-46)59-41-29-53(30-42-59)54-31-43-60(44-32-54)62(57-37-25-51(26-38-57)47-17-9-3-10-18-47)58-39-27-52(28-40-58)48-19-11-4-12-20-48;1-3-11-35(12-4-1)37-19-27-41(28-20-37)49(42-29-21-38(22-30-42)36-13-5-2-6-14-36)43-31-23-39(24-32-43)40-25-33-44(34-26-40)50-47-17-9-7-15-45(47)46-16-8-10-18-48(46)50;1-23-17-18(24-2)30-16-14-12(26-8(4-20)10(6-22)28-14)11-13(15(16)29-17)27-9(5-21)7(3-19)25-11/h1-44H;1-34H;.